The molecule has 0 saturated heterocycles. The molecule has 4 heteroatoms. The van der Waals surface area contributed by atoms with Gasteiger partial charge in [0.25, 0.3) is 0 Å². The van der Waals surface area contributed by atoms with Gasteiger partial charge in [0.1, 0.15) is 12.4 Å². The van der Waals surface area contributed by atoms with E-state index in [0.29, 0.717) is 13.2 Å². The van der Waals surface area contributed by atoms with Gasteiger partial charge in [-0.25, -0.2) is 0 Å². The molecule has 0 bridgehead atoms. The van der Waals surface area contributed by atoms with Crippen molar-refractivity contribution in [2.75, 3.05) is 6.61 Å². The van der Waals surface area contributed by atoms with Crippen LogP contribution in [-0.2, 0) is 16.1 Å². The average molecular weight is 375 g/mol. The summed E-state index contributed by atoms with van der Waals surface area (Å²) in [5, 5.41) is 0. The molecule has 3 rings (SSSR count). The SMILES string of the molecule is CCOC(=O)C[C@H](N)c1cccc(-c2cccc(OCc3ccccc3)c2)c1. The number of hydrogen-bond donors (Lipinski definition) is 1. The maximum absolute atomic E-state index is 11.7. The van der Waals surface area contributed by atoms with Crippen molar-refractivity contribution < 1.29 is 14.3 Å². The molecule has 0 aromatic heterocycles. The van der Waals surface area contributed by atoms with Gasteiger partial charge in [-0.3, -0.25) is 4.79 Å². The van der Waals surface area contributed by atoms with Crippen LogP contribution in [0.5, 0.6) is 5.75 Å². The van der Waals surface area contributed by atoms with Crippen molar-refractivity contribution in [1.82, 2.24) is 0 Å². The van der Waals surface area contributed by atoms with E-state index in [1.165, 1.54) is 0 Å². The predicted molar refractivity (Wildman–Crippen MR) is 111 cm³/mol. The summed E-state index contributed by atoms with van der Waals surface area (Å²) in [6, 6.07) is 25.6. The quantitative estimate of drug-likeness (QED) is 0.570. The zero-order valence-corrected chi connectivity index (χ0v) is 16.0. The Labute approximate surface area is 165 Å². The fourth-order valence-electron chi connectivity index (χ4n) is 2.97. The highest BCUT2D eigenvalue weighted by Gasteiger charge is 2.13. The largest absolute Gasteiger partial charge is 0.489 e. The fourth-order valence-corrected chi connectivity index (χ4v) is 2.97. The zero-order chi connectivity index (χ0) is 19.8. The molecule has 0 heterocycles. The third kappa shape index (κ3) is 5.44. The van der Waals surface area contributed by atoms with Crippen molar-refractivity contribution in [3.63, 3.8) is 0 Å². The number of carbonyl (C=O) groups is 1. The first-order valence-corrected chi connectivity index (χ1v) is 9.44. The molecule has 0 spiro atoms. The van der Waals surface area contributed by atoms with Crippen LogP contribution >= 0.6 is 0 Å². The number of esters is 1. The third-order valence-corrected chi connectivity index (χ3v) is 4.42. The summed E-state index contributed by atoms with van der Waals surface area (Å²) < 4.78 is 10.9. The zero-order valence-electron chi connectivity index (χ0n) is 16.0. The highest BCUT2D eigenvalue weighted by Crippen LogP contribution is 2.27. The molecule has 0 fully saturated rings. The van der Waals surface area contributed by atoms with Gasteiger partial charge >= 0.3 is 5.97 Å². The Morgan fingerprint density at radius 1 is 0.929 bits per heavy atom. The molecule has 3 aromatic rings. The van der Waals surface area contributed by atoms with Crippen LogP contribution in [0.4, 0.5) is 0 Å². The minimum Gasteiger partial charge on any atom is -0.489 e. The average Bonchev–Trinajstić information content (AvgIpc) is 2.73. The minimum absolute atomic E-state index is 0.164. The molecule has 4 nitrogen and oxygen atoms in total. The van der Waals surface area contributed by atoms with Crippen molar-refractivity contribution in [1.29, 1.82) is 0 Å². The molecule has 28 heavy (non-hydrogen) atoms. The highest BCUT2D eigenvalue weighted by atomic mass is 16.5. The molecule has 0 aliphatic rings. The molecule has 0 amide bonds. The Morgan fingerprint density at radius 2 is 1.64 bits per heavy atom. The minimum atomic E-state index is -0.392. The van der Waals surface area contributed by atoms with Crippen LogP contribution in [-0.4, -0.2) is 12.6 Å². The van der Waals surface area contributed by atoms with Crippen LogP contribution in [0, 0.1) is 0 Å². The Bertz CT molecular complexity index is 908. The third-order valence-electron chi connectivity index (χ3n) is 4.42. The number of hydrogen-bond acceptors (Lipinski definition) is 4. The molecule has 0 saturated carbocycles. The topological polar surface area (TPSA) is 61.5 Å². The van der Waals surface area contributed by atoms with Gasteiger partial charge in [0.2, 0.25) is 0 Å². The van der Waals surface area contributed by atoms with Crippen LogP contribution in [0.3, 0.4) is 0 Å². The summed E-state index contributed by atoms with van der Waals surface area (Å²) in [5.41, 5.74) is 10.3. The van der Waals surface area contributed by atoms with E-state index < -0.39 is 6.04 Å². The van der Waals surface area contributed by atoms with Crippen LogP contribution < -0.4 is 10.5 Å². The van der Waals surface area contributed by atoms with Gasteiger partial charge in [0.15, 0.2) is 0 Å². The van der Waals surface area contributed by atoms with Crippen molar-refractivity contribution in [2.45, 2.75) is 26.0 Å². The first kappa shape index (κ1) is 19.6. The first-order valence-electron chi connectivity index (χ1n) is 9.44. The number of ether oxygens (including phenoxy) is 2. The summed E-state index contributed by atoms with van der Waals surface area (Å²) in [6.45, 7) is 2.67. The van der Waals surface area contributed by atoms with E-state index in [0.717, 1.165) is 28.0 Å². The molecule has 0 aliphatic heterocycles. The lowest BCUT2D eigenvalue weighted by atomic mass is 9.98. The molecule has 2 N–H and O–H groups in total. The summed E-state index contributed by atoms with van der Waals surface area (Å²) in [4.78, 5) is 11.7. The van der Waals surface area contributed by atoms with Gasteiger partial charge < -0.3 is 15.2 Å². The normalized spacial score (nSPS) is 11.6. The summed E-state index contributed by atoms with van der Waals surface area (Å²) >= 11 is 0. The van der Waals surface area contributed by atoms with E-state index in [1.807, 2.05) is 78.9 Å². The lowest BCUT2D eigenvalue weighted by Crippen LogP contribution is -2.17. The van der Waals surface area contributed by atoms with Gasteiger partial charge in [0.05, 0.1) is 13.0 Å². The standard InChI is InChI=1S/C24H25NO3/c1-2-27-24(26)16-23(25)21-12-6-10-19(14-21)20-11-7-13-22(15-20)28-17-18-8-4-3-5-9-18/h3-15,23H,2,16-17,25H2,1H3/t23-/m0/s1. The number of rotatable bonds is 8. The molecule has 1 atom stereocenters. The second kappa shape index (κ2) is 9.72. The highest BCUT2D eigenvalue weighted by molar-refractivity contribution is 5.71. The maximum Gasteiger partial charge on any atom is 0.307 e. The molecule has 0 unspecified atom stereocenters. The van der Waals surface area contributed by atoms with E-state index >= 15 is 0 Å². The van der Waals surface area contributed by atoms with Crippen molar-refractivity contribution >= 4 is 5.97 Å². The van der Waals surface area contributed by atoms with E-state index in [2.05, 4.69) is 0 Å². The number of carbonyl (C=O) groups excluding carboxylic acids is 1. The predicted octanol–water partition coefficient (Wildman–Crippen LogP) is 4.89. The fraction of sp³-hybridized carbons (Fsp3) is 0.208. The van der Waals surface area contributed by atoms with Crippen molar-refractivity contribution in [2.24, 2.45) is 5.73 Å². The Balaban J connectivity index is 1.72. The molecule has 0 aliphatic carbocycles. The number of nitrogens with two attached hydrogens (primary N) is 1. The monoisotopic (exact) mass is 375 g/mol. The Morgan fingerprint density at radius 3 is 2.39 bits per heavy atom. The Hall–Kier alpha value is -3.11. The molecular formula is C24H25NO3. The van der Waals surface area contributed by atoms with Crippen LogP contribution in [0.2, 0.25) is 0 Å². The molecular weight excluding hydrogens is 350 g/mol. The van der Waals surface area contributed by atoms with E-state index in [-0.39, 0.29) is 12.4 Å². The number of benzene rings is 3. The lowest BCUT2D eigenvalue weighted by Gasteiger charge is -2.13. The summed E-state index contributed by atoms with van der Waals surface area (Å²) in [6.07, 6.45) is 0.164. The lowest BCUT2D eigenvalue weighted by molar-refractivity contribution is -0.143. The second-order valence-electron chi connectivity index (χ2n) is 6.54. The second-order valence-corrected chi connectivity index (χ2v) is 6.54. The maximum atomic E-state index is 11.7. The van der Waals surface area contributed by atoms with E-state index in [9.17, 15) is 4.79 Å². The van der Waals surface area contributed by atoms with E-state index in [4.69, 9.17) is 15.2 Å². The van der Waals surface area contributed by atoms with E-state index in [1.54, 1.807) is 6.92 Å². The van der Waals surface area contributed by atoms with Crippen LogP contribution in [0.25, 0.3) is 11.1 Å². The van der Waals surface area contributed by atoms with Gasteiger partial charge in [-0.15, -0.1) is 0 Å². The smallest absolute Gasteiger partial charge is 0.307 e. The van der Waals surface area contributed by atoms with Crippen LogP contribution in [0.15, 0.2) is 78.9 Å². The van der Waals surface area contributed by atoms with Crippen molar-refractivity contribution in [3.8, 4) is 16.9 Å². The summed E-state index contributed by atoms with van der Waals surface area (Å²) in [7, 11) is 0. The van der Waals surface area contributed by atoms with Crippen molar-refractivity contribution in [3.05, 3.63) is 90.0 Å². The first-order chi connectivity index (χ1) is 13.7. The van der Waals surface area contributed by atoms with Gasteiger partial charge in [-0.05, 0) is 47.4 Å². The molecule has 0 radical (unpaired) electrons. The summed E-state index contributed by atoms with van der Waals surface area (Å²) in [5.74, 6) is 0.527. The van der Waals surface area contributed by atoms with Gasteiger partial charge in [0, 0.05) is 6.04 Å². The molecule has 144 valence electrons. The van der Waals surface area contributed by atoms with Gasteiger partial charge in [-0.1, -0.05) is 60.7 Å². The molecule has 3 aromatic carbocycles. The van der Waals surface area contributed by atoms with Crippen LogP contribution in [0.1, 0.15) is 30.5 Å². The Kier molecular flexibility index (Phi) is 6.82. The van der Waals surface area contributed by atoms with Gasteiger partial charge in [-0.2, -0.15) is 0 Å².